The summed E-state index contributed by atoms with van der Waals surface area (Å²) < 4.78 is 46.1. The average molecular weight is 470 g/mol. The van der Waals surface area contributed by atoms with Crippen molar-refractivity contribution >= 4 is 27.7 Å². The molecule has 34 heavy (non-hydrogen) atoms. The maximum absolute atomic E-state index is 13.0. The lowest BCUT2D eigenvalue weighted by Gasteiger charge is -2.16. The fourth-order valence-electron chi connectivity index (χ4n) is 4.09. The molecule has 8 heteroatoms. The molecule has 0 aliphatic heterocycles. The second kappa shape index (κ2) is 9.48. The van der Waals surface area contributed by atoms with Crippen LogP contribution < -0.4 is 5.32 Å². The van der Waals surface area contributed by atoms with Gasteiger partial charge in [0.25, 0.3) is 5.91 Å². The number of nitrogens with zero attached hydrogens (tertiary/aromatic N) is 1. The quantitative estimate of drug-likeness (QED) is 0.388. The van der Waals surface area contributed by atoms with Gasteiger partial charge in [-0.2, -0.15) is 13.2 Å². The Morgan fingerprint density at radius 3 is 2.29 bits per heavy atom. The second-order valence-corrected chi connectivity index (χ2v) is 8.27. The lowest BCUT2D eigenvalue weighted by atomic mass is 10.1. The van der Waals surface area contributed by atoms with E-state index in [0.29, 0.717) is 24.3 Å². The van der Waals surface area contributed by atoms with Crippen LogP contribution in [0.1, 0.15) is 27.9 Å². The van der Waals surface area contributed by atoms with E-state index in [1.807, 2.05) is 29.7 Å². The minimum atomic E-state index is -4.41. The smallest absolute Gasteiger partial charge is 0.394 e. The van der Waals surface area contributed by atoms with E-state index >= 15 is 0 Å². The number of alkyl halides is 3. The number of benzene rings is 3. The van der Waals surface area contributed by atoms with E-state index in [-0.39, 0.29) is 12.5 Å². The molecule has 3 aromatic carbocycles. The molecule has 1 aromatic heterocycles. The standard InChI is InChI=1S/C26H25F3N2O3/c1-16-3-9-23-21(13-16)22-14-17(25(33)30-19(15-32)11-12-34-2)4-10-24(22)31(23)20-7-5-18(6-8-20)26(27,28)29/h3-10,13-14,19,32H,11-12,15H2,1-2H3,(H,30,33). The minimum absolute atomic E-state index is 0.205. The largest absolute Gasteiger partial charge is 0.416 e. The first kappa shape index (κ1) is 23.8. The maximum Gasteiger partial charge on any atom is 0.416 e. The topological polar surface area (TPSA) is 63.5 Å². The first-order chi connectivity index (χ1) is 16.2. The third kappa shape index (κ3) is 4.64. The van der Waals surface area contributed by atoms with Crippen molar-refractivity contribution in [3.8, 4) is 5.69 Å². The Hall–Kier alpha value is -3.36. The van der Waals surface area contributed by atoms with Crippen molar-refractivity contribution in [3.05, 3.63) is 77.4 Å². The van der Waals surface area contributed by atoms with E-state index in [2.05, 4.69) is 5.32 Å². The number of ether oxygens (including phenoxy) is 1. The molecule has 0 spiro atoms. The third-order valence-corrected chi connectivity index (χ3v) is 5.86. The van der Waals surface area contributed by atoms with Gasteiger partial charge in [0.05, 0.1) is 29.2 Å². The predicted octanol–water partition coefficient (Wildman–Crippen LogP) is 5.24. The normalized spacial score (nSPS) is 12.9. The van der Waals surface area contributed by atoms with Crippen molar-refractivity contribution in [2.24, 2.45) is 0 Å². The zero-order valence-corrected chi connectivity index (χ0v) is 18.8. The molecule has 0 aliphatic rings. The van der Waals surface area contributed by atoms with Gasteiger partial charge in [0.1, 0.15) is 0 Å². The molecule has 5 nitrogen and oxygen atoms in total. The minimum Gasteiger partial charge on any atom is -0.394 e. The number of aromatic nitrogens is 1. The first-order valence-corrected chi connectivity index (χ1v) is 10.9. The van der Waals surface area contributed by atoms with Crippen molar-refractivity contribution < 1.29 is 27.8 Å². The number of hydrogen-bond acceptors (Lipinski definition) is 3. The van der Waals surface area contributed by atoms with Gasteiger partial charge in [0, 0.05) is 35.7 Å². The van der Waals surface area contributed by atoms with Crippen LogP contribution in [0.5, 0.6) is 0 Å². The zero-order valence-electron chi connectivity index (χ0n) is 18.8. The maximum atomic E-state index is 13.0. The molecule has 1 amide bonds. The highest BCUT2D eigenvalue weighted by Gasteiger charge is 2.30. The van der Waals surface area contributed by atoms with E-state index in [1.165, 1.54) is 12.1 Å². The Morgan fingerprint density at radius 1 is 1.03 bits per heavy atom. The number of aryl methyl sites for hydroxylation is 1. The number of nitrogens with one attached hydrogen (secondary N) is 1. The molecular weight excluding hydrogens is 445 g/mol. The number of amides is 1. The van der Waals surface area contributed by atoms with Crippen LogP contribution in [0.3, 0.4) is 0 Å². The number of aliphatic hydroxyl groups excluding tert-OH is 1. The van der Waals surface area contributed by atoms with Gasteiger partial charge in [0.2, 0.25) is 0 Å². The van der Waals surface area contributed by atoms with Crippen LogP contribution in [0.4, 0.5) is 13.2 Å². The van der Waals surface area contributed by atoms with Crippen molar-refractivity contribution in [1.29, 1.82) is 0 Å². The average Bonchev–Trinajstić information content (AvgIpc) is 3.14. The fraction of sp³-hybridized carbons (Fsp3) is 0.269. The molecule has 0 bridgehead atoms. The summed E-state index contributed by atoms with van der Waals surface area (Å²) >= 11 is 0. The lowest BCUT2D eigenvalue weighted by Crippen LogP contribution is -2.38. The zero-order chi connectivity index (χ0) is 24.5. The molecule has 2 N–H and O–H groups in total. The Bertz CT molecular complexity index is 1330. The van der Waals surface area contributed by atoms with E-state index in [4.69, 9.17) is 4.74 Å². The van der Waals surface area contributed by atoms with Crippen LogP contribution >= 0.6 is 0 Å². The SMILES string of the molecule is COCCC(CO)NC(=O)c1ccc2c(c1)c1cc(C)ccc1n2-c1ccc(C(F)(F)F)cc1. The molecule has 178 valence electrons. The van der Waals surface area contributed by atoms with Gasteiger partial charge < -0.3 is 19.7 Å². The summed E-state index contributed by atoms with van der Waals surface area (Å²) in [6.45, 7) is 2.16. The Balaban J connectivity index is 1.80. The molecule has 1 atom stereocenters. The highest BCUT2D eigenvalue weighted by molar-refractivity contribution is 6.11. The Kier molecular flexibility index (Phi) is 6.63. The van der Waals surface area contributed by atoms with Crippen LogP contribution in [-0.4, -0.2) is 41.9 Å². The number of rotatable bonds is 7. The predicted molar refractivity (Wildman–Crippen MR) is 125 cm³/mol. The van der Waals surface area contributed by atoms with Crippen molar-refractivity contribution in [1.82, 2.24) is 9.88 Å². The van der Waals surface area contributed by atoms with Gasteiger partial charge in [-0.3, -0.25) is 4.79 Å². The molecule has 4 aromatic rings. The molecule has 1 heterocycles. The third-order valence-electron chi connectivity index (χ3n) is 5.86. The van der Waals surface area contributed by atoms with Crippen molar-refractivity contribution in [2.75, 3.05) is 20.3 Å². The number of halogens is 3. The van der Waals surface area contributed by atoms with E-state index < -0.39 is 17.8 Å². The summed E-state index contributed by atoms with van der Waals surface area (Å²) in [5.74, 6) is -0.319. The molecule has 0 radical (unpaired) electrons. The van der Waals surface area contributed by atoms with Crippen LogP contribution in [-0.2, 0) is 10.9 Å². The van der Waals surface area contributed by atoms with Crippen molar-refractivity contribution in [3.63, 3.8) is 0 Å². The summed E-state index contributed by atoms with van der Waals surface area (Å²) in [5, 5.41) is 14.1. The number of carbonyl (C=O) groups excluding carboxylic acids is 1. The Labute approximate surface area is 194 Å². The van der Waals surface area contributed by atoms with Gasteiger partial charge >= 0.3 is 6.18 Å². The summed E-state index contributed by atoms with van der Waals surface area (Å²) in [7, 11) is 1.55. The molecule has 1 unspecified atom stereocenters. The second-order valence-electron chi connectivity index (χ2n) is 8.27. The van der Waals surface area contributed by atoms with E-state index in [0.717, 1.165) is 39.5 Å². The number of carbonyl (C=O) groups is 1. The number of methoxy groups -OCH3 is 1. The molecule has 0 saturated carbocycles. The summed E-state index contributed by atoms with van der Waals surface area (Å²) in [5.41, 5.74) is 2.93. The van der Waals surface area contributed by atoms with Crippen LogP contribution in [0.2, 0.25) is 0 Å². The van der Waals surface area contributed by atoms with E-state index in [9.17, 15) is 23.1 Å². The molecule has 0 aliphatic carbocycles. The summed E-state index contributed by atoms with van der Waals surface area (Å²) in [6, 6.07) is 15.7. The highest BCUT2D eigenvalue weighted by atomic mass is 19.4. The number of fused-ring (bicyclic) bond motifs is 3. The van der Waals surface area contributed by atoms with Crippen molar-refractivity contribution in [2.45, 2.75) is 25.6 Å². The summed E-state index contributed by atoms with van der Waals surface area (Å²) in [4.78, 5) is 12.9. The van der Waals surface area contributed by atoms with Crippen LogP contribution in [0.15, 0.2) is 60.7 Å². The molecule has 4 rings (SSSR count). The number of aliphatic hydroxyl groups is 1. The Morgan fingerprint density at radius 2 is 1.68 bits per heavy atom. The number of hydrogen-bond donors (Lipinski definition) is 2. The molecule has 0 saturated heterocycles. The fourth-order valence-corrected chi connectivity index (χ4v) is 4.09. The van der Waals surface area contributed by atoms with Gasteiger partial charge in [0.15, 0.2) is 0 Å². The monoisotopic (exact) mass is 470 g/mol. The molecule has 0 fully saturated rings. The lowest BCUT2D eigenvalue weighted by molar-refractivity contribution is -0.137. The van der Waals surface area contributed by atoms with Gasteiger partial charge in [-0.15, -0.1) is 0 Å². The van der Waals surface area contributed by atoms with Gasteiger partial charge in [-0.25, -0.2) is 0 Å². The first-order valence-electron chi connectivity index (χ1n) is 10.9. The van der Waals surface area contributed by atoms with Gasteiger partial charge in [-0.05, 0) is 67.9 Å². The van der Waals surface area contributed by atoms with Crippen LogP contribution in [0, 0.1) is 6.92 Å². The van der Waals surface area contributed by atoms with E-state index in [1.54, 1.807) is 25.3 Å². The highest BCUT2D eigenvalue weighted by Crippen LogP contribution is 2.35. The van der Waals surface area contributed by atoms with Crippen LogP contribution in [0.25, 0.3) is 27.5 Å². The summed E-state index contributed by atoms with van der Waals surface area (Å²) in [6.07, 6.45) is -3.93. The van der Waals surface area contributed by atoms with Gasteiger partial charge in [-0.1, -0.05) is 11.6 Å². The molecular formula is C26H25F3N2O3.